The van der Waals surface area contributed by atoms with Crippen LogP contribution in [0.2, 0.25) is 0 Å². The summed E-state index contributed by atoms with van der Waals surface area (Å²) in [6.45, 7) is 3.69. The normalized spacial score (nSPS) is 37.8. The molecule has 2 saturated carbocycles. The van der Waals surface area contributed by atoms with E-state index in [1.807, 2.05) is 0 Å². The van der Waals surface area contributed by atoms with Crippen molar-refractivity contribution in [2.75, 3.05) is 20.3 Å². The van der Waals surface area contributed by atoms with Crippen LogP contribution >= 0.6 is 0 Å². The van der Waals surface area contributed by atoms with E-state index in [0.29, 0.717) is 37.3 Å². The fraction of sp³-hybridized carbons (Fsp3) is 0.682. The number of Topliss-reactive ketones (excluding diaryl/α,β-unsaturated/α-hetero) is 1. The van der Waals surface area contributed by atoms with Gasteiger partial charge in [-0.1, -0.05) is 13.0 Å². The molecular formula is C22H28O4. The van der Waals surface area contributed by atoms with Crippen LogP contribution in [0.3, 0.4) is 0 Å². The van der Waals surface area contributed by atoms with Crippen LogP contribution in [0.25, 0.3) is 0 Å². The topological polar surface area (TPSA) is 44.8 Å². The highest BCUT2D eigenvalue weighted by atomic mass is 16.7. The lowest BCUT2D eigenvalue weighted by Crippen LogP contribution is -2.55. The van der Waals surface area contributed by atoms with E-state index in [0.717, 1.165) is 31.4 Å². The summed E-state index contributed by atoms with van der Waals surface area (Å²) in [7, 11) is 1.72. The Morgan fingerprint density at radius 2 is 2.00 bits per heavy atom. The highest BCUT2D eigenvalue weighted by molar-refractivity contribution is 5.84. The Bertz CT molecular complexity index is 736. The lowest BCUT2D eigenvalue weighted by molar-refractivity contribution is -0.217. The van der Waals surface area contributed by atoms with Crippen LogP contribution in [0, 0.1) is 17.3 Å². The Kier molecular flexibility index (Phi) is 3.74. The average Bonchev–Trinajstić information content (AvgIpc) is 3.11. The molecule has 4 nitrogen and oxygen atoms in total. The van der Waals surface area contributed by atoms with E-state index in [-0.39, 0.29) is 11.3 Å². The molecule has 140 valence electrons. The number of benzene rings is 1. The number of methoxy groups -OCH3 is 1. The largest absolute Gasteiger partial charge is 0.497 e. The van der Waals surface area contributed by atoms with Gasteiger partial charge in [0.05, 0.1) is 20.3 Å². The molecule has 3 fully saturated rings. The van der Waals surface area contributed by atoms with Crippen molar-refractivity contribution >= 4 is 5.78 Å². The van der Waals surface area contributed by atoms with Gasteiger partial charge in [0, 0.05) is 25.2 Å². The Morgan fingerprint density at radius 1 is 1.19 bits per heavy atom. The molecule has 0 unspecified atom stereocenters. The average molecular weight is 356 g/mol. The molecule has 3 aliphatic carbocycles. The van der Waals surface area contributed by atoms with Crippen molar-refractivity contribution in [1.82, 2.24) is 0 Å². The first-order valence-corrected chi connectivity index (χ1v) is 10.0. The molecule has 1 aromatic carbocycles. The van der Waals surface area contributed by atoms with Crippen LogP contribution < -0.4 is 4.74 Å². The maximum absolute atomic E-state index is 13.2. The third-order valence-electron chi connectivity index (χ3n) is 7.79. The number of fused-ring (bicyclic) bond motifs is 5. The molecule has 0 bridgehead atoms. The molecule has 26 heavy (non-hydrogen) atoms. The fourth-order valence-corrected chi connectivity index (χ4v) is 6.38. The van der Waals surface area contributed by atoms with Crippen molar-refractivity contribution < 1.29 is 19.0 Å². The summed E-state index contributed by atoms with van der Waals surface area (Å²) in [5.41, 5.74) is 2.82. The predicted molar refractivity (Wildman–Crippen MR) is 97.3 cm³/mol. The second kappa shape index (κ2) is 5.80. The van der Waals surface area contributed by atoms with E-state index >= 15 is 0 Å². The summed E-state index contributed by atoms with van der Waals surface area (Å²) < 4.78 is 17.3. The number of hydrogen-bond donors (Lipinski definition) is 0. The molecule has 1 aromatic rings. The second-order valence-electron chi connectivity index (χ2n) is 8.86. The van der Waals surface area contributed by atoms with Gasteiger partial charge in [0.1, 0.15) is 11.5 Å². The molecular weight excluding hydrogens is 328 g/mol. The minimum Gasteiger partial charge on any atom is -0.497 e. The van der Waals surface area contributed by atoms with E-state index in [2.05, 4.69) is 25.1 Å². The summed E-state index contributed by atoms with van der Waals surface area (Å²) in [6.07, 6.45) is 5.62. The third kappa shape index (κ3) is 2.31. The van der Waals surface area contributed by atoms with Crippen LogP contribution in [0.15, 0.2) is 18.2 Å². The minimum atomic E-state index is -0.480. The van der Waals surface area contributed by atoms with E-state index < -0.39 is 5.79 Å². The number of rotatable bonds is 1. The highest BCUT2D eigenvalue weighted by Crippen LogP contribution is 2.61. The second-order valence-corrected chi connectivity index (χ2v) is 8.86. The Morgan fingerprint density at radius 3 is 2.77 bits per heavy atom. The van der Waals surface area contributed by atoms with Gasteiger partial charge in [-0.15, -0.1) is 0 Å². The van der Waals surface area contributed by atoms with Crippen molar-refractivity contribution in [3.8, 4) is 5.75 Å². The molecule has 0 aromatic heterocycles. The SMILES string of the molecule is COc1ccc2c(c1)CC[C@H]1[C@H]2CC(=O)[C@@H]2CC3(CC[C@@]21C)OCCO3. The molecule has 0 amide bonds. The van der Waals surface area contributed by atoms with E-state index in [9.17, 15) is 4.79 Å². The first kappa shape index (κ1) is 16.8. The number of ether oxygens (including phenoxy) is 3. The number of aryl methyl sites for hydroxylation is 1. The maximum Gasteiger partial charge on any atom is 0.169 e. The number of ketones is 1. The van der Waals surface area contributed by atoms with Crippen LogP contribution in [0.1, 0.15) is 56.1 Å². The minimum absolute atomic E-state index is 0.0676. The molecule has 0 N–H and O–H groups in total. The molecule has 1 spiro atoms. The van der Waals surface area contributed by atoms with Gasteiger partial charge < -0.3 is 14.2 Å². The zero-order chi connectivity index (χ0) is 17.9. The molecule has 1 saturated heterocycles. The number of carbonyl (C=O) groups excluding carboxylic acids is 1. The van der Waals surface area contributed by atoms with E-state index in [1.165, 1.54) is 17.5 Å². The van der Waals surface area contributed by atoms with Gasteiger partial charge in [-0.3, -0.25) is 4.79 Å². The van der Waals surface area contributed by atoms with Crippen LogP contribution in [0.5, 0.6) is 5.75 Å². The van der Waals surface area contributed by atoms with Gasteiger partial charge in [0.25, 0.3) is 0 Å². The highest BCUT2D eigenvalue weighted by Gasteiger charge is 2.59. The van der Waals surface area contributed by atoms with Gasteiger partial charge in [-0.2, -0.15) is 0 Å². The van der Waals surface area contributed by atoms with Crippen LogP contribution in [-0.4, -0.2) is 31.9 Å². The van der Waals surface area contributed by atoms with E-state index in [1.54, 1.807) is 7.11 Å². The summed E-state index contributed by atoms with van der Waals surface area (Å²) in [5.74, 6) is 1.87. The molecule has 4 atom stereocenters. The van der Waals surface area contributed by atoms with Crippen molar-refractivity contribution in [2.45, 2.75) is 57.2 Å². The lowest BCUT2D eigenvalue weighted by atomic mass is 9.48. The zero-order valence-corrected chi connectivity index (χ0v) is 15.8. The predicted octanol–water partition coefficient (Wildman–Crippen LogP) is 3.86. The fourth-order valence-electron chi connectivity index (χ4n) is 6.38. The van der Waals surface area contributed by atoms with Gasteiger partial charge in [-0.25, -0.2) is 0 Å². The summed E-state index contributed by atoms with van der Waals surface area (Å²) >= 11 is 0. The summed E-state index contributed by atoms with van der Waals surface area (Å²) in [4.78, 5) is 13.2. The number of carbonyl (C=O) groups is 1. The van der Waals surface area contributed by atoms with Crippen molar-refractivity contribution in [1.29, 1.82) is 0 Å². The molecule has 4 heteroatoms. The first-order chi connectivity index (χ1) is 12.5. The van der Waals surface area contributed by atoms with Crippen molar-refractivity contribution in [2.24, 2.45) is 17.3 Å². The molecule has 1 aliphatic heterocycles. The number of hydrogen-bond acceptors (Lipinski definition) is 4. The van der Waals surface area contributed by atoms with Crippen molar-refractivity contribution in [3.63, 3.8) is 0 Å². The van der Waals surface area contributed by atoms with Gasteiger partial charge in [0.15, 0.2) is 5.79 Å². The smallest absolute Gasteiger partial charge is 0.169 e. The quantitative estimate of drug-likeness (QED) is 0.766. The Hall–Kier alpha value is -1.39. The van der Waals surface area contributed by atoms with Gasteiger partial charge in [0.2, 0.25) is 0 Å². The standard InChI is InChI=1S/C22H28O4/c1-21-7-8-22(25-9-10-26-22)13-19(21)20(23)12-17-16-5-4-15(24-2)11-14(16)3-6-18(17)21/h4-5,11,17-19H,3,6-10,12-13H2,1-2H3/t17-,18-,19-,21+/m0/s1. The summed E-state index contributed by atoms with van der Waals surface area (Å²) in [5, 5.41) is 0. The van der Waals surface area contributed by atoms with Gasteiger partial charge in [-0.05, 0) is 59.8 Å². The molecule has 1 heterocycles. The monoisotopic (exact) mass is 356 g/mol. The first-order valence-electron chi connectivity index (χ1n) is 10.0. The summed E-state index contributed by atoms with van der Waals surface area (Å²) in [6, 6.07) is 6.42. The Balaban J connectivity index is 1.49. The molecule has 0 radical (unpaired) electrons. The van der Waals surface area contributed by atoms with E-state index in [4.69, 9.17) is 14.2 Å². The lowest BCUT2D eigenvalue weighted by Gasteiger charge is -2.57. The molecule has 4 aliphatic rings. The van der Waals surface area contributed by atoms with Crippen LogP contribution in [0.4, 0.5) is 0 Å². The third-order valence-corrected chi connectivity index (χ3v) is 7.79. The van der Waals surface area contributed by atoms with Gasteiger partial charge >= 0.3 is 0 Å². The van der Waals surface area contributed by atoms with Crippen LogP contribution in [-0.2, 0) is 20.7 Å². The van der Waals surface area contributed by atoms with Crippen molar-refractivity contribution in [3.05, 3.63) is 29.3 Å². The Labute approximate surface area is 155 Å². The maximum atomic E-state index is 13.2. The molecule has 5 rings (SSSR count). The zero-order valence-electron chi connectivity index (χ0n) is 15.8.